The molecule has 0 fully saturated rings. The van der Waals surface area contributed by atoms with E-state index in [2.05, 4.69) is 18.4 Å². The zero-order valence-corrected chi connectivity index (χ0v) is 18.5. The van der Waals surface area contributed by atoms with Gasteiger partial charge in [-0.15, -0.1) is 0 Å². The molecule has 0 bridgehead atoms. The molecule has 7 nitrogen and oxygen atoms in total. The number of aromatic nitrogens is 3. The van der Waals surface area contributed by atoms with Gasteiger partial charge in [0, 0.05) is 14.1 Å². The minimum atomic E-state index is -0.548. The standard InChI is InChI=1S/C25H25N3O4/c1-25(2)14-32-22(16-11-8-12-17(29)13-16)21-20-18(23(30)27(4)24(31)26(20)3)19(28(21)25)15-9-6-5-7-10-15/h5-13,22,29H,14H2,1-4H3/t22-/m0/s1. The zero-order chi connectivity index (χ0) is 22.8. The summed E-state index contributed by atoms with van der Waals surface area (Å²) in [7, 11) is 3.19. The van der Waals surface area contributed by atoms with Crippen LogP contribution in [0.15, 0.2) is 64.2 Å². The first-order valence-electron chi connectivity index (χ1n) is 10.5. The highest BCUT2D eigenvalue weighted by molar-refractivity contribution is 5.96. The maximum Gasteiger partial charge on any atom is 0.331 e. The summed E-state index contributed by atoms with van der Waals surface area (Å²) in [6.07, 6.45) is -0.548. The van der Waals surface area contributed by atoms with Crippen LogP contribution in [0.4, 0.5) is 0 Å². The molecule has 0 aliphatic carbocycles. The van der Waals surface area contributed by atoms with E-state index in [4.69, 9.17) is 4.74 Å². The van der Waals surface area contributed by atoms with Gasteiger partial charge in [-0.3, -0.25) is 13.9 Å². The number of phenols is 1. The monoisotopic (exact) mass is 431 g/mol. The average molecular weight is 431 g/mol. The Morgan fingerprint density at radius 3 is 2.41 bits per heavy atom. The average Bonchev–Trinajstić information content (AvgIpc) is 3.14. The molecule has 5 rings (SSSR count). The van der Waals surface area contributed by atoms with E-state index in [9.17, 15) is 14.7 Å². The molecule has 164 valence electrons. The third-order valence-corrected chi connectivity index (χ3v) is 6.29. The van der Waals surface area contributed by atoms with Crippen molar-refractivity contribution in [1.29, 1.82) is 0 Å². The SMILES string of the molecule is Cn1c(=O)c2c(-c3ccccc3)n3c(c2n(C)c1=O)[C@H](c1cccc(O)c1)OCC3(C)C. The van der Waals surface area contributed by atoms with Crippen LogP contribution in [0.25, 0.3) is 22.2 Å². The molecule has 0 amide bonds. The van der Waals surface area contributed by atoms with Gasteiger partial charge >= 0.3 is 5.69 Å². The van der Waals surface area contributed by atoms with Gasteiger partial charge in [0.15, 0.2) is 0 Å². The molecular weight excluding hydrogens is 406 g/mol. The first kappa shape index (κ1) is 20.3. The Balaban J connectivity index is 2.02. The summed E-state index contributed by atoms with van der Waals surface area (Å²) < 4.78 is 11.1. The van der Waals surface area contributed by atoms with Crippen molar-refractivity contribution in [2.75, 3.05) is 6.61 Å². The number of hydrogen-bond acceptors (Lipinski definition) is 4. The van der Waals surface area contributed by atoms with Gasteiger partial charge in [0.2, 0.25) is 0 Å². The van der Waals surface area contributed by atoms with Gasteiger partial charge in [-0.05, 0) is 37.1 Å². The summed E-state index contributed by atoms with van der Waals surface area (Å²) in [5.74, 6) is 0.131. The Morgan fingerprint density at radius 1 is 1.00 bits per heavy atom. The first-order chi connectivity index (χ1) is 15.2. The predicted octanol–water partition coefficient (Wildman–Crippen LogP) is 3.27. The van der Waals surface area contributed by atoms with Crippen molar-refractivity contribution in [3.8, 4) is 17.0 Å². The lowest BCUT2D eigenvalue weighted by Gasteiger charge is -2.39. The topological polar surface area (TPSA) is 78.4 Å². The van der Waals surface area contributed by atoms with E-state index in [0.717, 1.165) is 27.1 Å². The molecule has 0 saturated carbocycles. The number of phenolic OH excluding ortho intramolecular Hbond substituents is 1. The Morgan fingerprint density at radius 2 is 1.72 bits per heavy atom. The molecule has 1 atom stereocenters. The number of hydrogen-bond donors (Lipinski definition) is 1. The zero-order valence-electron chi connectivity index (χ0n) is 18.5. The van der Waals surface area contributed by atoms with Crippen LogP contribution in [0, 0.1) is 0 Å². The number of nitrogens with zero attached hydrogens (tertiary/aromatic N) is 3. The van der Waals surface area contributed by atoms with E-state index in [-0.39, 0.29) is 11.3 Å². The summed E-state index contributed by atoms with van der Waals surface area (Å²) >= 11 is 0. The van der Waals surface area contributed by atoms with Gasteiger partial charge in [-0.2, -0.15) is 0 Å². The van der Waals surface area contributed by atoms with Crippen LogP contribution in [-0.4, -0.2) is 25.4 Å². The summed E-state index contributed by atoms with van der Waals surface area (Å²) in [6, 6.07) is 16.7. The number of rotatable bonds is 2. The van der Waals surface area contributed by atoms with E-state index in [1.165, 1.54) is 11.6 Å². The van der Waals surface area contributed by atoms with Crippen molar-refractivity contribution in [3.05, 3.63) is 86.7 Å². The van der Waals surface area contributed by atoms with Crippen LogP contribution in [0.1, 0.15) is 31.2 Å². The second kappa shape index (κ2) is 6.97. The fraction of sp³-hybridized carbons (Fsp3) is 0.280. The van der Waals surface area contributed by atoms with Crippen molar-refractivity contribution >= 4 is 10.9 Å². The molecule has 1 aliphatic heterocycles. The maximum atomic E-state index is 13.5. The van der Waals surface area contributed by atoms with Crippen LogP contribution in [0.5, 0.6) is 5.75 Å². The minimum absolute atomic E-state index is 0.131. The van der Waals surface area contributed by atoms with Gasteiger partial charge in [0.05, 0.1) is 34.4 Å². The van der Waals surface area contributed by atoms with Crippen molar-refractivity contribution in [2.24, 2.45) is 14.1 Å². The number of aryl methyl sites for hydroxylation is 1. The summed E-state index contributed by atoms with van der Waals surface area (Å²) in [5.41, 5.74) is 2.50. The lowest BCUT2D eigenvalue weighted by atomic mass is 9.98. The Hall–Kier alpha value is -3.58. The second-order valence-corrected chi connectivity index (χ2v) is 8.96. The van der Waals surface area contributed by atoms with Crippen LogP contribution in [0.3, 0.4) is 0 Å². The van der Waals surface area contributed by atoms with E-state index >= 15 is 0 Å². The lowest BCUT2D eigenvalue weighted by molar-refractivity contribution is -0.00714. The molecule has 1 N–H and O–H groups in total. The molecular formula is C25H25N3O4. The van der Waals surface area contributed by atoms with Crippen LogP contribution in [-0.2, 0) is 24.4 Å². The Bertz CT molecular complexity index is 1480. The molecule has 0 unspecified atom stereocenters. The molecule has 3 heterocycles. The van der Waals surface area contributed by atoms with Gasteiger partial charge in [0.1, 0.15) is 11.9 Å². The van der Waals surface area contributed by atoms with Crippen molar-refractivity contribution in [1.82, 2.24) is 13.7 Å². The smallest absolute Gasteiger partial charge is 0.331 e. The van der Waals surface area contributed by atoms with Crippen molar-refractivity contribution in [3.63, 3.8) is 0 Å². The number of fused-ring (bicyclic) bond motifs is 3. The number of aromatic hydroxyl groups is 1. The normalized spacial score (nSPS) is 17.4. The summed E-state index contributed by atoms with van der Waals surface area (Å²) in [4.78, 5) is 26.4. The molecule has 1 aliphatic rings. The highest BCUT2D eigenvalue weighted by Gasteiger charge is 2.40. The largest absolute Gasteiger partial charge is 0.508 e. The Labute approximate surface area is 184 Å². The highest BCUT2D eigenvalue weighted by atomic mass is 16.5. The van der Waals surface area contributed by atoms with Crippen molar-refractivity contribution in [2.45, 2.75) is 25.5 Å². The third-order valence-electron chi connectivity index (χ3n) is 6.29. The molecule has 2 aromatic heterocycles. The van der Waals surface area contributed by atoms with Gasteiger partial charge in [-0.25, -0.2) is 4.79 Å². The fourth-order valence-corrected chi connectivity index (χ4v) is 4.81. The maximum absolute atomic E-state index is 13.5. The van der Waals surface area contributed by atoms with Gasteiger partial charge in [-0.1, -0.05) is 42.5 Å². The van der Waals surface area contributed by atoms with Crippen LogP contribution < -0.4 is 11.2 Å². The lowest BCUT2D eigenvalue weighted by Crippen LogP contribution is -2.40. The molecule has 4 aromatic rings. The van der Waals surface area contributed by atoms with E-state index in [1.807, 2.05) is 36.4 Å². The summed E-state index contributed by atoms with van der Waals surface area (Å²) in [6.45, 7) is 4.52. The second-order valence-electron chi connectivity index (χ2n) is 8.96. The van der Waals surface area contributed by atoms with E-state index in [1.54, 1.807) is 25.2 Å². The number of benzene rings is 2. The molecule has 32 heavy (non-hydrogen) atoms. The highest BCUT2D eigenvalue weighted by Crippen LogP contribution is 2.45. The minimum Gasteiger partial charge on any atom is -0.508 e. The quantitative estimate of drug-likeness (QED) is 0.528. The van der Waals surface area contributed by atoms with E-state index < -0.39 is 17.3 Å². The molecule has 0 saturated heterocycles. The fourth-order valence-electron chi connectivity index (χ4n) is 4.81. The summed E-state index contributed by atoms with van der Waals surface area (Å²) in [5, 5.41) is 10.6. The molecule has 0 radical (unpaired) electrons. The molecule has 7 heteroatoms. The number of ether oxygens (including phenoxy) is 1. The third kappa shape index (κ3) is 2.78. The van der Waals surface area contributed by atoms with Crippen molar-refractivity contribution < 1.29 is 9.84 Å². The van der Waals surface area contributed by atoms with Gasteiger partial charge in [0.25, 0.3) is 5.56 Å². The van der Waals surface area contributed by atoms with E-state index in [0.29, 0.717) is 17.5 Å². The molecule has 0 spiro atoms. The predicted molar refractivity (Wildman–Crippen MR) is 123 cm³/mol. The van der Waals surface area contributed by atoms with Crippen LogP contribution >= 0.6 is 0 Å². The van der Waals surface area contributed by atoms with Crippen LogP contribution in [0.2, 0.25) is 0 Å². The molecule has 2 aromatic carbocycles. The first-order valence-corrected chi connectivity index (χ1v) is 10.5. The Kier molecular flexibility index (Phi) is 4.43. The van der Waals surface area contributed by atoms with Gasteiger partial charge < -0.3 is 14.4 Å².